The van der Waals surface area contributed by atoms with Crippen molar-refractivity contribution >= 4 is 22.5 Å². The van der Waals surface area contributed by atoms with Gasteiger partial charge < -0.3 is 19.5 Å². The largest absolute Gasteiger partial charge is 0.495 e. The highest BCUT2D eigenvalue weighted by atomic mass is 16.5. The number of anilines is 1. The summed E-state index contributed by atoms with van der Waals surface area (Å²) >= 11 is 0. The summed E-state index contributed by atoms with van der Waals surface area (Å²) in [5.74, 6) is 0.954. The Hall–Kier alpha value is -3.55. The fourth-order valence-corrected chi connectivity index (χ4v) is 4.19. The van der Waals surface area contributed by atoms with E-state index in [-0.39, 0.29) is 11.5 Å². The summed E-state index contributed by atoms with van der Waals surface area (Å²) in [4.78, 5) is 44.3. The molecule has 1 saturated heterocycles. The zero-order chi connectivity index (χ0) is 22.5. The third kappa shape index (κ3) is 4.54. The number of unbranched alkanes of at least 4 members (excludes halogenated alkanes) is 1. The minimum Gasteiger partial charge on any atom is -0.495 e. The molecule has 0 aliphatic carbocycles. The van der Waals surface area contributed by atoms with E-state index in [1.54, 1.807) is 31.4 Å². The lowest BCUT2D eigenvalue weighted by Gasteiger charge is -2.36. The zero-order valence-corrected chi connectivity index (χ0v) is 18.3. The van der Waals surface area contributed by atoms with Gasteiger partial charge in [-0.3, -0.25) is 14.2 Å². The van der Waals surface area contributed by atoms with Crippen molar-refractivity contribution in [3.8, 4) is 5.75 Å². The number of aromatic nitrogens is 2. The first kappa shape index (κ1) is 21.7. The third-order valence-corrected chi connectivity index (χ3v) is 5.97. The Morgan fingerprint density at radius 3 is 2.47 bits per heavy atom. The molecule has 1 N–H and O–H groups in total. The van der Waals surface area contributed by atoms with Gasteiger partial charge in [0.2, 0.25) is 5.91 Å². The van der Waals surface area contributed by atoms with Crippen LogP contribution in [-0.2, 0) is 11.3 Å². The molecule has 1 aromatic heterocycles. The monoisotopic (exact) mass is 436 g/mol. The number of nitrogens with zero attached hydrogens (tertiary/aromatic N) is 3. The van der Waals surface area contributed by atoms with E-state index in [1.165, 1.54) is 4.57 Å². The number of hydrogen-bond donors (Lipinski definition) is 1. The van der Waals surface area contributed by atoms with E-state index in [1.807, 2.05) is 29.2 Å². The van der Waals surface area contributed by atoms with Crippen LogP contribution in [0.2, 0.25) is 0 Å². The van der Waals surface area contributed by atoms with Crippen LogP contribution in [0.3, 0.4) is 0 Å². The highest BCUT2D eigenvalue weighted by Gasteiger charge is 2.22. The van der Waals surface area contributed by atoms with Crippen LogP contribution in [0.1, 0.15) is 19.3 Å². The standard InChI is InChI=1S/C24H28N4O4/c1-32-21-11-5-4-10-20(21)26-14-16-27(17-15-26)22(29)12-6-7-13-28-23(30)18-8-2-3-9-19(18)25-24(28)31/h2-5,8-11H,6-7,12-17H2,1H3,(H,25,31). The van der Waals surface area contributed by atoms with Gasteiger partial charge in [0.1, 0.15) is 5.75 Å². The number of piperazine rings is 1. The maximum absolute atomic E-state index is 12.6. The SMILES string of the molecule is COc1ccccc1N1CCN(C(=O)CCCCn2c(=O)[nH]c3ccccc3c2=O)CC1. The van der Waals surface area contributed by atoms with E-state index >= 15 is 0 Å². The first-order valence-electron chi connectivity index (χ1n) is 11.0. The second kappa shape index (κ2) is 9.72. The summed E-state index contributed by atoms with van der Waals surface area (Å²) < 4.78 is 6.67. The number of aromatic amines is 1. The van der Waals surface area contributed by atoms with E-state index < -0.39 is 5.69 Å². The maximum Gasteiger partial charge on any atom is 0.328 e. The Morgan fingerprint density at radius 2 is 1.69 bits per heavy atom. The molecule has 0 atom stereocenters. The van der Waals surface area contributed by atoms with Gasteiger partial charge in [0, 0.05) is 39.1 Å². The molecule has 8 heteroatoms. The number of methoxy groups -OCH3 is 1. The zero-order valence-electron chi connectivity index (χ0n) is 18.3. The summed E-state index contributed by atoms with van der Waals surface area (Å²) in [6.45, 7) is 3.15. The van der Waals surface area contributed by atoms with Crippen LogP contribution in [0.5, 0.6) is 5.75 Å². The number of rotatable bonds is 7. The lowest BCUT2D eigenvalue weighted by molar-refractivity contribution is -0.131. The van der Waals surface area contributed by atoms with Gasteiger partial charge in [-0.05, 0) is 37.1 Å². The number of ether oxygens (including phenoxy) is 1. The average Bonchev–Trinajstić information content (AvgIpc) is 2.83. The molecule has 3 aromatic rings. The van der Waals surface area contributed by atoms with Crippen LogP contribution in [0, 0.1) is 0 Å². The molecule has 2 heterocycles. The quantitative estimate of drug-likeness (QED) is 0.574. The first-order chi connectivity index (χ1) is 15.6. The van der Waals surface area contributed by atoms with Crippen LogP contribution in [0.25, 0.3) is 10.9 Å². The van der Waals surface area contributed by atoms with Gasteiger partial charge in [-0.1, -0.05) is 24.3 Å². The predicted octanol–water partition coefficient (Wildman–Crippen LogP) is 2.22. The lowest BCUT2D eigenvalue weighted by Crippen LogP contribution is -2.48. The Balaban J connectivity index is 1.27. The van der Waals surface area contributed by atoms with E-state index in [0.717, 1.165) is 24.5 Å². The molecule has 2 aromatic carbocycles. The fraction of sp³-hybridized carbons (Fsp3) is 0.375. The molecule has 0 spiro atoms. The molecule has 32 heavy (non-hydrogen) atoms. The Labute approximate surface area is 186 Å². The van der Waals surface area contributed by atoms with Crippen molar-refractivity contribution in [1.82, 2.24) is 14.5 Å². The normalized spacial score (nSPS) is 14.0. The number of carbonyl (C=O) groups excluding carboxylic acids is 1. The highest BCUT2D eigenvalue weighted by Crippen LogP contribution is 2.28. The molecular weight excluding hydrogens is 408 g/mol. The van der Waals surface area contributed by atoms with Crippen LogP contribution in [0.4, 0.5) is 5.69 Å². The lowest BCUT2D eigenvalue weighted by atomic mass is 10.2. The second-order valence-corrected chi connectivity index (χ2v) is 7.93. The van der Waals surface area contributed by atoms with Crippen molar-refractivity contribution in [2.24, 2.45) is 0 Å². The summed E-state index contributed by atoms with van der Waals surface area (Å²) in [6, 6.07) is 14.9. The topological polar surface area (TPSA) is 87.6 Å². The van der Waals surface area contributed by atoms with E-state index in [0.29, 0.717) is 49.8 Å². The maximum atomic E-state index is 12.6. The van der Waals surface area contributed by atoms with Crippen LogP contribution in [0.15, 0.2) is 58.1 Å². The summed E-state index contributed by atoms with van der Waals surface area (Å²) in [6.07, 6.45) is 1.63. The minimum absolute atomic E-state index is 0.115. The van der Waals surface area contributed by atoms with E-state index in [2.05, 4.69) is 9.88 Å². The average molecular weight is 437 g/mol. The minimum atomic E-state index is -0.410. The van der Waals surface area contributed by atoms with Crippen LogP contribution in [-0.4, -0.2) is 53.6 Å². The van der Waals surface area contributed by atoms with E-state index in [4.69, 9.17) is 4.74 Å². The first-order valence-corrected chi connectivity index (χ1v) is 11.0. The van der Waals surface area contributed by atoms with Crippen LogP contribution < -0.4 is 20.9 Å². The molecule has 8 nitrogen and oxygen atoms in total. The van der Waals surface area contributed by atoms with Gasteiger partial charge in [0.05, 0.1) is 23.7 Å². The Kier molecular flexibility index (Phi) is 6.58. The van der Waals surface area contributed by atoms with Gasteiger partial charge in [-0.2, -0.15) is 0 Å². The summed E-state index contributed by atoms with van der Waals surface area (Å²) in [5, 5.41) is 0.496. The predicted molar refractivity (Wildman–Crippen MR) is 124 cm³/mol. The third-order valence-electron chi connectivity index (χ3n) is 5.97. The van der Waals surface area contributed by atoms with E-state index in [9.17, 15) is 14.4 Å². The number of fused-ring (bicyclic) bond motifs is 1. The smallest absolute Gasteiger partial charge is 0.328 e. The molecule has 1 fully saturated rings. The molecule has 0 saturated carbocycles. The van der Waals surface area contributed by atoms with Crippen molar-refractivity contribution in [2.45, 2.75) is 25.8 Å². The molecular formula is C24H28N4O4. The fourth-order valence-electron chi connectivity index (χ4n) is 4.19. The number of H-pyrrole nitrogens is 1. The Bertz CT molecular complexity index is 1210. The number of hydrogen-bond acceptors (Lipinski definition) is 5. The van der Waals surface area contributed by atoms with Gasteiger partial charge in [-0.25, -0.2) is 4.79 Å². The molecule has 0 bridgehead atoms. The van der Waals surface area contributed by atoms with Gasteiger partial charge >= 0.3 is 5.69 Å². The van der Waals surface area contributed by atoms with Crippen molar-refractivity contribution in [2.75, 3.05) is 38.2 Å². The molecule has 168 valence electrons. The van der Waals surface area contributed by atoms with Gasteiger partial charge in [0.15, 0.2) is 0 Å². The highest BCUT2D eigenvalue weighted by molar-refractivity contribution is 5.77. The number of nitrogens with one attached hydrogen (secondary N) is 1. The van der Waals surface area contributed by atoms with Crippen molar-refractivity contribution in [3.05, 3.63) is 69.4 Å². The molecule has 0 radical (unpaired) electrons. The molecule has 1 amide bonds. The number of benzene rings is 2. The van der Waals surface area contributed by atoms with Crippen molar-refractivity contribution in [1.29, 1.82) is 0 Å². The van der Waals surface area contributed by atoms with Gasteiger partial charge in [-0.15, -0.1) is 0 Å². The van der Waals surface area contributed by atoms with Crippen molar-refractivity contribution in [3.63, 3.8) is 0 Å². The number of para-hydroxylation sites is 3. The summed E-state index contributed by atoms with van der Waals surface area (Å²) in [7, 11) is 1.67. The molecule has 4 rings (SSSR count). The number of amides is 1. The van der Waals surface area contributed by atoms with Gasteiger partial charge in [0.25, 0.3) is 5.56 Å². The summed E-state index contributed by atoms with van der Waals surface area (Å²) in [5.41, 5.74) is 0.893. The Morgan fingerprint density at radius 1 is 0.969 bits per heavy atom. The number of carbonyl (C=O) groups is 1. The molecule has 0 unspecified atom stereocenters. The second-order valence-electron chi connectivity index (χ2n) is 7.93. The molecule has 1 aliphatic heterocycles. The van der Waals surface area contributed by atoms with Crippen molar-refractivity contribution < 1.29 is 9.53 Å². The molecule has 1 aliphatic rings. The van der Waals surface area contributed by atoms with Crippen LogP contribution >= 0.6 is 0 Å².